The molecule has 1 saturated carbocycles. The van der Waals surface area contributed by atoms with Crippen LogP contribution in [0.4, 0.5) is 13.2 Å². The van der Waals surface area contributed by atoms with Crippen LogP contribution in [0.2, 0.25) is 0 Å². The van der Waals surface area contributed by atoms with E-state index in [1.807, 2.05) is 0 Å². The summed E-state index contributed by atoms with van der Waals surface area (Å²) in [5, 5.41) is 23.2. The Hall–Kier alpha value is -2.49. The van der Waals surface area contributed by atoms with Gasteiger partial charge in [-0.15, -0.1) is 0 Å². The molecule has 1 fully saturated rings. The third-order valence-electron chi connectivity index (χ3n) is 4.13. The van der Waals surface area contributed by atoms with Crippen molar-refractivity contribution in [3.63, 3.8) is 0 Å². The van der Waals surface area contributed by atoms with Crippen LogP contribution in [0.3, 0.4) is 0 Å². The van der Waals surface area contributed by atoms with Gasteiger partial charge in [-0.3, -0.25) is 4.68 Å². The van der Waals surface area contributed by atoms with E-state index in [2.05, 4.69) is 5.10 Å². The molecule has 0 radical (unpaired) electrons. The number of halogens is 3. The number of phenols is 1. The molecular formula is C16H14F3N3O. The number of benzene rings is 1. The topological polar surface area (TPSA) is 61.8 Å². The van der Waals surface area contributed by atoms with E-state index in [4.69, 9.17) is 5.26 Å². The van der Waals surface area contributed by atoms with Gasteiger partial charge in [0.1, 0.15) is 5.75 Å². The van der Waals surface area contributed by atoms with E-state index in [9.17, 15) is 18.3 Å². The van der Waals surface area contributed by atoms with Crippen molar-refractivity contribution in [1.29, 1.82) is 5.26 Å². The lowest BCUT2D eigenvalue weighted by Gasteiger charge is -2.13. The minimum Gasteiger partial charge on any atom is -0.507 e. The fourth-order valence-corrected chi connectivity index (χ4v) is 2.96. The zero-order valence-electron chi connectivity index (χ0n) is 12.1. The third kappa shape index (κ3) is 2.89. The van der Waals surface area contributed by atoms with Crippen LogP contribution in [-0.4, -0.2) is 14.9 Å². The molecular weight excluding hydrogens is 307 g/mol. The van der Waals surface area contributed by atoms with E-state index in [1.165, 1.54) is 6.07 Å². The van der Waals surface area contributed by atoms with Gasteiger partial charge < -0.3 is 5.11 Å². The lowest BCUT2D eigenvalue weighted by molar-refractivity contribution is -0.138. The van der Waals surface area contributed by atoms with Crippen LogP contribution in [0.25, 0.3) is 11.3 Å². The van der Waals surface area contributed by atoms with Gasteiger partial charge in [0.2, 0.25) is 0 Å². The SMILES string of the molecule is N#Cc1cc(-c2ccn(C3CCCC3)n2)c(O)c(C(F)(F)F)c1. The summed E-state index contributed by atoms with van der Waals surface area (Å²) in [5.41, 5.74) is -1.23. The number of aromatic nitrogens is 2. The number of alkyl halides is 3. The minimum atomic E-state index is -4.74. The fraction of sp³-hybridized carbons (Fsp3) is 0.375. The Morgan fingerprint density at radius 1 is 1.26 bits per heavy atom. The molecule has 0 saturated heterocycles. The molecule has 3 rings (SSSR count). The standard InChI is InChI=1S/C16H14F3N3O/c17-16(18,19)13-8-10(9-20)7-12(15(13)23)14-5-6-22(21-14)11-3-1-2-4-11/h5-8,11,23H,1-4H2. The third-order valence-corrected chi connectivity index (χ3v) is 4.13. The van der Waals surface area contributed by atoms with Crippen molar-refractivity contribution >= 4 is 0 Å². The van der Waals surface area contributed by atoms with Crippen LogP contribution >= 0.6 is 0 Å². The van der Waals surface area contributed by atoms with Crippen LogP contribution in [0.5, 0.6) is 5.75 Å². The Labute approximate surface area is 130 Å². The normalized spacial score (nSPS) is 15.7. The van der Waals surface area contributed by atoms with Crippen LogP contribution in [0.15, 0.2) is 24.4 Å². The molecule has 1 heterocycles. The highest BCUT2D eigenvalue weighted by Gasteiger charge is 2.36. The Balaban J connectivity index is 2.07. The minimum absolute atomic E-state index is 0.0758. The monoisotopic (exact) mass is 321 g/mol. The van der Waals surface area contributed by atoms with Gasteiger partial charge in [-0.2, -0.15) is 23.5 Å². The smallest absolute Gasteiger partial charge is 0.420 e. The van der Waals surface area contributed by atoms with E-state index in [0.29, 0.717) is 6.07 Å². The van der Waals surface area contributed by atoms with E-state index < -0.39 is 17.5 Å². The molecule has 1 aliphatic rings. The summed E-state index contributed by atoms with van der Waals surface area (Å²) in [6.45, 7) is 0. The number of rotatable bonds is 2. The molecule has 0 aliphatic heterocycles. The number of hydrogen-bond acceptors (Lipinski definition) is 3. The van der Waals surface area contributed by atoms with Gasteiger partial charge >= 0.3 is 6.18 Å². The van der Waals surface area contributed by atoms with Crippen LogP contribution < -0.4 is 0 Å². The lowest BCUT2D eigenvalue weighted by Crippen LogP contribution is -2.07. The molecule has 1 aromatic carbocycles. The highest BCUT2D eigenvalue weighted by Crippen LogP contribution is 2.42. The summed E-state index contributed by atoms with van der Waals surface area (Å²) in [5.74, 6) is -0.895. The van der Waals surface area contributed by atoms with Gasteiger partial charge in [-0.1, -0.05) is 12.8 Å². The molecule has 7 heteroatoms. The number of aromatic hydroxyl groups is 1. The van der Waals surface area contributed by atoms with Gasteiger partial charge in [-0.05, 0) is 31.0 Å². The van der Waals surface area contributed by atoms with Gasteiger partial charge in [0.05, 0.1) is 28.9 Å². The molecule has 4 nitrogen and oxygen atoms in total. The molecule has 1 N–H and O–H groups in total. The molecule has 23 heavy (non-hydrogen) atoms. The van der Waals surface area contributed by atoms with Gasteiger partial charge in [0, 0.05) is 11.8 Å². The van der Waals surface area contributed by atoms with Crippen molar-refractivity contribution in [1.82, 2.24) is 9.78 Å². The van der Waals surface area contributed by atoms with Crippen molar-refractivity contribution in [2.75, 3.05) is 0 Å². The number of hydrogen-bond donors (Lipinski definition) is 1. The van der Waals surface area contributed by atoms with E-state index in [-0.39, 0.29) is 22.9 Å². The Bertz CT molecular complexity index is 768. The van der Waals surface area contributed by atoms with Crippen LogP contribution in [0, 0.1) is 11.3 Å². The van der Waals surface area contributed by atoms with Crippen LogP contribution in [0.1, 0.15) is 42.9 Å². The van der Waals surface area contributed by atoms with Gasteiger partial charge in [0.15, 0.2) is 0 Å². The van der Waals surface area contributed by atoms with E-state index in [0.717, 1.165) is 25.7 Å². The van der Waals surface area contributed by atoms with Crippen molar-refractivity contribution in [3.8, 4) is 23.1 Å². The maximum absolute atomic E-state index is 13.0. The van der Waals surface area contributed by atoms with Gasteiger partial charge in [0.25, 0.3) is 0 Å². The summed E-state index contributed by atoms with van der Waals surface area (Å²) >= 11 is 0. The van der Waals surface area contributed by atoms with E-state index >= 15 is 0 Å². The predicted octanol–water partition coefficient (Wildman–Crippen LogP) is 4.26. The van der Waals surface area contributed by atoms with Crippen molar-refractivity contribution in [3.05, 3.63) is 35.5 Å². The molecule has 0 unspecified atom stereocenters. The Morgan fingerprint density at radius 3 is 2.57 bits per heavy atom. The average Bonchev–Trinajstić information content (AvgIpc) is 3.17. The second kappa shape index (κ2) is 5.61. The summed E-state index contributed by atoms with van der Waals surface area (Å²) in [6.07, 6.45) is 1.15. The number of nitrogens with zero attached hydrogens (tertiary/aromatic N) is 3. The van der Waals surface area contributed by atoms with Crippen molar-refractivity contribution < 1.29 is 18.3 Å². The van der Waals surface area contributed by atoms with Crippen molar-refractivity contribution in [2.24, 2.45) is 0 Å². The largest absolute Gasteiger partial charge is 0.507 e. The van der Waals surface area contributed by atoms with Gasteiger partial charge in [-0.25, -0.2) is 0 Å². The number of phenolic OH excluding ortho intramolecular Hbond substituents is 1. The highest BCUT2D eigenvalue weighted by molar-refractivity contribution is 5.71. The lowest BCUT2D eigenvalue weighted by atomic mass is 10.0. The molecule has 1 aliphatic carbocycles. The molecule has 0 atom stereocenters. The average molecular weight is 321 g/mol. The molecule has 0 amide bonds. The second-order valence-corrected chi connectivity index (χ2v) is 5.65. The highest BCUT2D eigenvalue weighted by atomic mass is 19.4. The molecule has 2 aromatic rings. The first-order valence-electron chi connectivity index (χ1n) is 7.30. The summed E-state index contributed by atoms with van der Waals surface area (Å²) in [7, 11) is 0. The number of nitriles is 1. The molecule has 1 aromatic heterocycles. The zero-order valence-corrected chi connectivity index (χ0v) is 12.1. The van der Waals surface area contributed by atoms with Crippen molar-refractivity contribution in [2.45, 2.75) is 37.9 Å². The van der Waals surface area contributed by atoms with Crippen LogP contribution in [-0.2, 0) is 6.18 Å². The van der Waals surface area contributed by atoms with E-state index in [1.54, 1.807) is 23.0 Å². The Morgan fingerprint density at radius 2 is 1.96 bits per heavy atom. The fourth-order valence-electron chi connectivity index (χ4n) is 2.96. The first kappa shape index (κ1) is 15.4. The summed E-state index contributed by atoms with van der Waals surface area (Å²) in [4.78, 5) is 0. The second-order valence-electron chi connectivity index (χ2n) is 5.65. The molecule has 0 spiro atoms. The quantitative estimate of drug-likeness (QED) is 0.899. The summed E-state index contributed by atoms with van der Waals surface area (Å²) in [6, 6.07) is 5.37. The first-order valence-corrected chi connectivity index (χ1v) is 7.30. The maximum Gasteiger partial charge on any atom is 0.420 e. The summed E-state index contributed by atoms with van der Waals surface area (Å²) < 4.78 is 40.8. The first-order chi connectivity index (χ1) is 10.9. The molecule has 0 bridgehead atoms. The predicted molar refractivity (Wildman–Crippen MR) is 76.5 cm³/mol. The maximum atomic E-state index is 13.0. The zero-order chi connectivity index (χ0) is 16.6. The molecule has 120 valence electrons. The Kier molecular flexibility index (Phi) is 3.76.